The fourth-order valence-corrected chi connectivity index (χ4v) is 4.98. The molecule has 0 atom stereocenters. The molecule has 7 heteroatoms. The minimum Gasteiger partial charge on any atom is -0.390 e. The summed E-state index contributed by atoms with van der Waals surface area (Å²) in [6, 6.07) is 3.96. The van der Waals surface area contributed by atoms with Gasteiger partial charge in [0.2, 0.25) is 5.82 Å². The van der Waals surface area contributed by atoms with Crippen LogP contribution in [-0.4, -0.2) is 10.1 Å². The smallest absolute Gasteiger partial charge is 0.261 e. The van der Waals surface area contributed by atoms with Crippen molar-refractivity contribution in [3.8, 4) is 22.2 Å². The van der Waals surface area contributed by atoms with E-state index < -0.39 is 0 Å². The summed E-state index contributed by atoms with van der Waals surface area (Å²) in [4.78, 5) is 6.87. The fraction of sp³-hybridized carbons (Fsp3) is 0.231. The van der Waals surface area contributed by atoms with Crippen LogP contribution in [0.3, 0.4) is 0 Å². The van der Waals surface area contributed by atoms with E-state index in [9.17, 15) is 0 Å². The van der Waals surface area contributed by atoms with Gasteiger partial charge in [-0.15, -0.1) is 22.7 Å². The van der Waals surface area contributed by atoms with Crippen LogP contribution in [0.25, 0.3) is 22.2 Å². The summed E-state index contributed by atoms with van der Waals surface area (Å²) >= 11 is 6.68. The molecule has 20 heavy (non-hydrogen) atoms. The highest BCUT2D eigenvalue weighted by atomic mass is 79.9. The Morgan fingerprint density at radius 1 is 1.25 bits per heavy atom. The van der Waals surface area contributed by atoms with Gasteiger partial charge in [0.05, 0.1) is 19.2 Å². The Hall–Kier alpha value is -1.18. The van der Waals surface area contributed by atoms with Crippen molar-refractivity contribution < 1.29 is 4.52 Å². The molecule has 3 aromatic heterocycles. The third kappa shape index (κ3) is 1.92. The maximum atomic E-state index is 6.12. The summed E-state index contributed by atoms with van der Waals surface area (Å²) in [5, 5.41) is 4.86. The Bertz CT molecular complexity index is 789. The summed E-state index contributed by atoms with van der Waals surface area (Å²) in [5.41, 5.74) is 8.38. The number of aryl methyl sites for hydroxylation is 1. The van der Waals surface area contributed by atoms with Gasteiger partial charge in [-0.25, -0.2) is 0 Å². The van der Waals surface area contributed by atoms with E-state index in [1.54, 1.807) is 22.7 Å². The van der Waals surface area contributed by atoms with Gasteiger partial charge in [-0.2, -0.15) is 4.98 Å². The van der Waals surface area contributed by atoms with Gasteiger partial charge in [0.1, 0.15) is 0 Å². The van der Waals surface area contributed by atoms with E-state index in [4.69, 9.17) is 10.3 Å². The minimum absolute atomic E-state index is 0.543. The van der Waals surface area contributed by atoms with Crippen LogP contribution in [0.2, 0.25) is 0 Å². The number of nitrogen functional groups attached to an aromatic ring is 1. The third-order valence-corrected chi connectivity index (χ3v) is 6.12. The predicted molar refractivity (Wildman–Crippen MR) is 85.1 cm³/mol. The quantitative estimate of drug-likeness (QED) is 0.730. The molecule has 0 amide bonds. The molecule has 1 aliphatic carbocycles. The van der Waals surface area contributed by atoms with Crippen LogP contribution in [0.1, 0.15) is 16.9 Å². The molecule has 0 spiro atoms. The number of hydrogen-bond donors (Lipinski definition) is 1. The highest BCUT2D eigenvalue weighted by Gasteiger charge is 2.25. The van der Waals surface area contributed by atoms with Crippen LogP contribution in [0, 0.1) is 0 Å². The Morgan fingerprint density at radius 3 is 2.95 bits per heavy atom. The summed E-state index contributed by atoms with van der Waals surface area (Å²) in [7, 11) is 0. The first-order chi connectivity index (χ1) is 9.72. The molecule has 0 radical (unpaired) electrons. The van der Waals surface area contributed by atoms with Crippen molar-refractivity contribution in [3.05, 3.63) is 26.4 Å². The highest BCUT2D eigenvalue weighted by molar-refractivity contribution is 9.11. The van der Waals surface area contributed by atoms with Crippen molar-refractivity contribution in [3.63, 3.8) is 0 Å². The first-order valence-corrected chi connectivity index (χ1v) is 8.65. The second kappa shape index (κ2) is 4.68. The SMILES string of the molecule is Nc1sc2c(c1-c1nc(-c3ccc(Br)s3)no1)CCC2. The molecule has 0 aliphatic heterocycles. The lowest BCUT2D eigenvalue weighted by molar-refractivity contribution is 0.432. The van der Waals surface area contributed by atoms with Gasteiger partial charge >= 0.3 is 0 Å². The summed E-state index contributed by atoms with van der Waals surface area (Å²) < 4.78 is 6.49. The maximum absolute atomic E-state index is 6.12. The van der Waals surface area contributed by atoms with Crippen LogP contribution in [-0.2, 0) is 12.8 Å². The molecule has 2 N–H and O–H groups in total. The number of nitrogens with two attached hydrogens (primary N) is 1. The fourth-order valence-electron chi connectivity index (χ4n) is 2.52. The normalized spacial score (nSPS) is 13.8. The molecule has 0 saturated heterocycles. The molecule has 3 heterocycles. The highest BCUT2D eigenvalue weighted by Crippen LogP contribution is 2.43. The second-order valence-electron chi connectivity index (χ2n) is 4.62. The van der Waals surface area contributed by atoms with E-state index >= 15 is 0 Å². The Balaban J connectivity index is 1.79. The van der Waals surface area contributed by atoms with Crippen LogP contribution >= 0.6 is 38.6 Å². The van der Waals surface area contributed by atoms with Gasteiger partial charge in [0.15, 0.2) is 0 Å². The first kappa shape index (κ1) is 12.6. The molecule has 1 aliphatic rings. The molecular formula is C13H10BrN3OS2. The predicted octanol–water partition coefficient (Wildman–Crippen LogP) is 4.36. The zero-order chi connectivity index (χ0) is 13.7. The summed E-state index contributed by atoms with van der Waals surface area (Å²) in [6.45, 7) is 0. The summed E-state index contributed by atoms with van der Waals surface area (Å²) in [6.07, 6.45) is 3.36. The van der Waals surface area contributed by atoms with Crippen LogP contribution < -0.4 is 5.73 Å². The summed E-state index contributed by atoms with van der Waals surface area (Å²) in [5.74, 6) is 1.16. The Labute approximate surface area is 131 Å². The van der Waals surface area contributed by atoms with Gasteiger partial charge in [-0.05, 0) is 52.9 Å². The van der Waals surface area contributed by atoms with E-state index in [1.807, 2.05) is 12.1 Å². The van der Waals surface area contributed by atoms with Crippen molar-refractivity contribution in [2.45, 2.75) is 19.3 Å². The molecule has 0 aromatic carbocycles. The molecule has 0 bridgehead atoms. The zero-order valence-electron chi connectivity index (χ0n) is 10.4. The molecule has 4 rings (SSSR count). The van der Waals surface area contributed by atoms with E-state index in [0.29, 0.717) is 11.7 Å². The zero-order valence-corrected chi connectivity index (χ0v) is 13.6. The maximum Gasteiger partial charge on any atom is 0.261 e. The number of thiophene rings is 2. The number of anilines is 1. The second-order valence-corrected chi connectivity index (χ2v) is 8.22. The van der Waals surface area contributed by atoms with Gasteiger partial charge in [-0.1, -0.05) is 5.16 Å². The van der Waals surface area contributed by atoms with E-state index in [2.05, 4.69) is 26.1 Å². The third-order valence-electron chi connectivity index (χ3n) is 3.38. The minimum atomic E-state index is 0.543. The first-order valence-electron chi connectivity index (χ1n) is 6.22. The van der Waals surface area contributed by atoms with Crippen molar-refractivity contribution in [2.24, 2.45) is 0 Å². The molecule has 0 saturated carbocycles. The molecule has 4 nitrogen and oxygen atoms in total. The van der Waals surface area contributed by atoms with Crippen molar-refractivity contribution in [1.82, 2.24) is 10.1 Å². The molecular weight excluding hydrogens is 358 g/mol. The van der Waals surface area contributed by atoms with Gasteiger partial charge in [0, 0.05) is 4.88 Å². The number of halogens is 1. The number of fused-ring (bicyclic) bond motifs is 1. The number of aromatic nitrogens is 2. The van der Waals surface area contributed by atoms with Crippen molar-refractivity contribution in [1.29, 1.82) is 0 Å². The Kier molecular flexibility index (Phi) is 2.94. The number of nitrogens with zero attached hydrogens (tertiary/aromatic N) is 2. The standard InChI is InChI=1S/C13H10BrN3OS2/c14-9-5-4-8(19-9)12-16-13(18-17-12)10-6-2-1-3-7(6)20-11(10)15/h4-5H,1-3,15H2. The lowest BCUT2D eigenvalue weighted by atomic mass is 10.1. The van der Waals surface area contributed by atoms with Crippen molar-refractivity contribution >= 4 is 43.6 Å². The average molecular weight is 368 g/mol. The molecule has 0 unspecified atom stereocenters. The van der Waals surface area contributed by atoms with E-state index in [-0.39, 0.29) is 0 Å². The van der Waals surface area contributed by atoms with Gasteiger partial charge < -0.3 is 10.3 Å². The average Bonchev–Trinajstić information content (AvgIpc) is 3.11. The number of rotatable bonds is 2. The number of hydrogen-bond acceptors (Lipinski definition) is 6. The molecule has 0 fully saturated rings. The van der Waals surface area contributed by atoms with Gasteiger partial charge in [-0.3, -0.25) is 0 Å². The molecule has 3 aromatic rings. The topological polar surface area (TPSA) is 64.9 Å². The Morgan fingerprint density at radius 2 is 2.15 bits per heavy atom. The van der Waals surface area contributed by atoms with Gasteiger partial charge in [0.25, 0.3) is 5.89 Å². The lowest BCUT2D eigenvalue weighted by Crippen LogP contribution is -1.88. The molecule has 102 valence electrons. The van der Waals surface area contributed by atoms with E-state index in [0.717, 1.165) is 32.1 Å². The van der Waals surface area contributed by atoms with E-state index in [1.165, 1.54) is 16.9 Å². The largest absolute Gasteiger partial charge is 0.390 e. The monoisotopic (exact) mass is 367 g/mol. The van der Waals surface area contributed by atoms with Crippen LogP contribution in [0.4, 0.5) is 5.00 Å². The van der Waals surface area contributed by atoms with Crippen molar-refractivity contribution in [2.75, 3.05) is 5.73 Å². The van der Waals surface area contributed by atoms with Crippen LogP contribution in [0.15, 0.2) is 20.4 Å². The lowest BCUT2D eigenvalue weighted by Gasteiger charge is -1.96. The van der Waals surface area contributed by atoms with Crippen LogP contribution in [0.5, 0.6) is 0 Å².